The van der Waals surface area contributed by atoms with E-state index in [0.29, 0.717) is 54.2 Å². The summed E-state index contributed by atoms with van der Waals surface area (Å²) < 4.78 is 48.8. The van der Waals surface area contributed by atoms with Crippen LogP contribution in [0.15, 0.2) is 84.1 Å². The lowest BCUT2D eigenvalue weighted by atomic mass is 9.59. The number of sulfonamides is 1. The third-order valence-electron chi connectivity index (χ3n) is 14.4. The topological polar surface area (TPSA) is 213 Å². The van der Waals surface area contributed by atoms with Crippen LogP contribution in [0.2, 0.25) is 0 Å². The van der Waals surface area contributed by atoms with Crippen LogP contribution < -0.4 is 19.7 Å². The number of H-pyrrole nitrogens is 1. The summed E-state index contributed by atoms with van der Waals surface area (Å²) >= 11 is 0. The van der Waals surface area contributed by atoms with Crippen LogP contribution in [0.4, 0.5) is 17.2 Å². The molecule has 4 N–H and O–H groups in total. The second-order valence-electron chi connectivity index (χ2n) is 19.3. The van der Waals surface area contributed by atoms with Crippen LogP contribution in [0.5, 0.6) is 11.5 Å². The van der Waals surface area contributed by atoms with E-state index in [1.54, 1.807) is 31.3 Å². The number of carbonyl (C=O) groups is 1. The predicted octanol–water partition coefficient (Wildman–Crippen LogP) is 7.81. The summed E-state index contributed by atoms with van der Waals surface area (Å²) in [4.78, 5) is 41.3. The molecular formula is C48H58N8O8S2. The molecule has 2 saturated heterocycles. The Bertz CT molecular complexity index is 2750. The number of nitro groups is 1. The number of aromatic amines is 1. The predicted molar refractivity (Wildman–Crippen MR) is 254 cm³/mol. The van der Waals surface area contributed by atoms with Crippen molar-refractivity contribution in [2.24, 2.45) is 11.3 Å². The van der Waals surface area contributed by atoms with Gasteiger partial charge in [-0.1, -0.05) is 38.1 Å². The number of nitrogens with one attached hydrogen (secondary N) is 3. The third kappa shape index (κ3) is 9.69. The molecule has 2 aliphatic carbocycles. The van der Waals surface area contributed by atoms with Crippen LogP contribution in [0.1, 0.15) is 106 Å². The first-order valence-electron chi connectivity index (χ1n) is 22.9. The molecule has 2 aliphatic heterocycles. The number of hydrogen-bond donors (Lipinski definition) is 4. The van der Waals surface area contributed by atoms with Crippen LogP contribution in [-0.4, -0.2) is 97.7 Å². The van der Waals surface area contributed by atoms with Gasteiger partial charge < -0.3 is 25.0 Å². The fraction of sp³-hybridized carbons (Fsp3) is 0.479. The quantitative estimate of drug-likeness (QED) is 0.0656. The number of nitrogens with zero attached hydrogens (tertiary/aromatic N) is 5. The van der Waals surface area contributed by atoms with Gasteiger partial charge in [0, 0.05) is 90.0 Å². The van der Waals surface area contributed by atoms with E-state index in [1.165, 1.54) is 23.4 Å². The Morgan fingerprint density at radius 3 is 2.53 bits per heavy atom. The lowest BCUT2D eigenvalue weighted by Crippen LogP contribution is -2.58. The molecule has 2 aromatic carbocycles. The van der Waals surface area contributed by atoms with Crippen molar-refractivity contribution in [1.29, 1.82) is 0 Å². The Labute approximate surface area is 387 Å². The molecular weight excluding hydrogens is 881 g/mol. The molecule has 1 amide bonds. The maximum absolute atomic E-state index is 14.0. The van der Waals surface area contributed by atoms with Gasteiger partial charge in [-0.3, -0.25) is 24.0 Å². The maximum atomic E-state index is 14.0. The minimum absolute atomic E-state index is 0.0601. The summed E-state index contributed by atoms with van der Waals surface area (Å²) in [5.74, 6) is 1.29. The van der Waals surface area contributed by atoms with Gasteiger partial charge in [0.15, 0.2) is 0 Å². The molecule has 66 heavy (non-hydrogen) atoms. The fourth-order valence-electron chi connectivity index (χ4n) is 10.5. The van der Waals surface area contributed by atoms with Crippen molar-refractivity contribution >= 4 is 55.0 Å². The summed E-state index contributed by atoms with van der Waals surface area (Å²) in [5, 5.41) is 26.2. The van der Waals surface area contributed by atoms with Crippen molar-refractivity contribution in [3.8, 4) is 11.5 Å². The molecule has 16 nitrogen and oxygen atoms in total. The number of benzene rings is 2. The number of fused-ring (bicyclic) bond motifs is 1. The summed E-state index contributed by atoms with van der Waals surface area (Å²) in [5.41, 5.74) is 2.98. The van der Waals surface area contributed by atoms with Gasteiger partial charge in [0.1, 0.15) is 22.0 Å². The van der Waals surface area contributed by atoms with Crippen LogP contribution >= 0.6 is 0 Å². The van der Waals surface area contributed by atoms with E-state index >= 15 is 0 Å². The van der Waals surface area contributed by atoms with Gasteiger partial charge in [-0.15, -0.1) is 0 Å². The van der Waals surface area contributed by atoms with Gasteiger partial charge in [0.2, 0.25) is 5.82 Å². The van der Waals surface area contributed by atoms with E-state index < -0.39 is 47.8 Å². The van der Waals surface area contributed by atoms with E-state index in [4.69, 9.17) is 4.74 Å². The Morgan fingerprint density at radius 1 is 1.03 bits per heavy atom. The molecule has 3 aromatic heterocycles. The van der Waals surface area contributed by atoms with Crippen molar-refractivity contribution in [3.05, 3.63) is 106 Å². The minimum atomic E-state index is -4.64. The SMILES string of the molecule is CC(C)c1ccccc1[C@@H]1CS(=O)CCN1C1CC2(CCN(c3ccc(C(=O)NS(=O)(=O)c4cnc(NCC5CCC(C)(O)CC5)c([N+](=O)[O-])c4)c(Oc4cnc5[nH]ccc5c4)c3)CC2)C1. The largest absolute Gasteiger partial charge is 0.455 e. The normalized spacial score (nSPS) is 23.7. The highest BCUT2D eigenvalue weighted by atomic mass is 32.2. The molecule has 4 fully saturated rings. The monoisotopic (exact) mass is 938 g/mol. The Hall–Kier alpha value is -5.43. The molecule has 9 rings (SSSR count). The summed E-state index contributed by atoms with van der Waals surface area (Å²) in [6.07, 6.45) is 11.1. The molecule has 4 aliphatic rings. The highest BCUT2D eigenvalue weighted by molar-refractivity contribution is 7.90. The molecule has 18 heteroatoms. The van der Waals surface area contributed by atoms with Crippen molar-refractivity contribution in [2.75, 3.05) is 47.9 Å². The first-order chi connectivity index (χ1) is 31.6. The van der Waals surface area contributed by atoms with E-state index in [1.807, 2.05) is 6.07 Å². The number of rotatable bonds is 13. The fourth-order valence-corrected chi connectivity index (χ4v) is 12.7. The summed E-state index contributed by atoms with van der Waals surface area (Å²) in [6.45, 7) is 9.01. The molecule has 1 spiro atoms. The number of aromatic nitrogens is 3. The first-order valence-corrected chi connectivity index (χ1v) is 25.9. The smallest absolute Gasteiger partial charge is 0.312 e. The average molecular weight is 939 g/mol. The second-order valence-corrected chi connectivity index (χ2v) is 22.6. The zero-order valence-electron chi connectivity index (χ0n) is 37.6. The van der Waals surface area contributed by atoms with Gasteiger partial charge in [0.25, 0.3) is 15.9 Å². The molecule has 0 radical (unpaired) electrons. The Kier molecular flexibility index (Phi) is 12.7. The zero-order valence-corrected chi connectivity index (χ0v) is 39.2. The molecule has 350 valence electrons. The highest BCUT2D eigenvalue weighted by Crippen LogP contribution is 2.53. The number of ether oxygens (including phenoxy) is 1. The van der Waals surface area contributed by atoms with Crippen LogP contribution in [0.3, 0.4) is 0 Å². The highest BCUT2D eigenvalue weighted by Gasteiger charge is 2.50. The van der Waals surface area contributed by atoms with E-state index in [9.17, 15) is 32.6 Å². The Morgan fingerprint density at radius 2 is 1.79 bits per heavy atom. The van der Waals surface area contributed by atoms with Crippen molar-refractivity contribution in [1.82, 2.24) is 24.6 Å². The third-order valence-corrected chi connectivity index (χ3v) is 17.0. The molecule has 5 aromatic rings. The molecule has 2 atom stereocenters. The number of carbonyl (C=O) groups excluding carboxylic acids is 1. The number of aliphatic hydroxyl groups is 1. The Balaban J connectivity index is 0.900. The van der Waals surface area contributed by atoms with Crippen LogP contribution in [0.25, 0.3) is 11.0 Å². The lowest BCUT2D eigenvalue weighted by molar-refractivity contribution is -0.384. The van der Waals surface area contributed by atoms with Gasteiger partial charge in [-0.2, -0.15) is 0 Å². The van der Waals surface area contributed by atoms with Gasteiger partial charge in [-0.05, 0) is 111 Å². The first kappa shape index (κ1) is 45.7. The number of anilines is 2. The summed E-state index contributed by atoms with van der Waals surface area (Å²) in [6, 6.07) is 18.8. The van der Waals surface area contributed by atoms with Gasteiger partial charge >= 0.3 is 5.69 Å². The van der Waals surface area contributed by atoms with E-state index in [2.05, 4.69) is 72.9 Å². The number of piperidine rings is 1. The van der Waals surface area contributed by atoms with Crippen molar-refractivity contribution in [3.63, 3.8) is 0 Å². The molecule has 2 saturated carbocycles. The van der Waals surface area contributed by atoms with Crippen molar-refractivity contribution in [2.45, 2.75) is 101 Å². The van der Waals surface area contributed by atoms with E-state index in [0.717, 1.165) is 81.5 Å². The van der Waals surface area contributed by atoms with Crippen molar-refractivity contribution < 1.29 is 32.2 Å². The minimum Gasteiger partial charge on any atom is -0.455 e. The number of hydrogen-bond acceptors (Lipinski definition) is 13. The number of amides is 1. The zero-order chi connectivity index (χ0) is 46.4. The average Bonchev–Trinajstić information content (AvgIpc) is 3.76. The van der Waals surface area contributed by atoms with Crippen LogP contribution in [-0.2, 0) is 20.8 Å². The van der Waals surface area contributed by atoms with Gasteiger partial charge in [-0.25, -0.2) is 23.1 Å². The van der Waals surface area contributed by atoms with E-state index in [-0.39, 0.29) is 34.5 Å². The lowest BCUT2D eigenvalue weighted by Gasteiger charge is -2.57. The summed E-state index contributed by atoms with van der Waals surface area (Å²) in [7, 11) is -5.49. The molecule has 0 bridgehead atoms. The number of pyridine rings is 2. The van der Waals surface area contributed by atoms with Crippen LogP contribution in [0, 0.1) is 21.4 Å². The standard InChI is InChI=1S/C48H58N8O8S2/c1-31(2)38-6-4-5-7-39(38)42-30-65(61)21-20-55(42)35-25-48(26-35)15-18-54(19-16-48)34-8-9-40(43(23-34)64-36-22-33-12-17-49-44(33)51-28-36)46(57)53-66(62,63)37-24-41(56(59)60)45(52-29-37)50-27-32-10-13-47(3,58)14-11-32/h4-9,12,17,22-24,28-29,31-32,35,42,58H,10-11,13-16,18-21,25-27,30H2,1-3H3,(H,49,51)(H,50,52)(H,53,57)/t32?,42-,47?,65?/m0/s1. The molecule has 5 heterocycles. The molecule has 1 unspecified atom stereocenters. The second kappa shape index (κ2) is 18.3. The maximum Gasteiger partial charge on any atom is 0.312 e. The van der Waals surface area contributed by atoms with Gasteiger partial charge in [0.05, 0.1) is 28.5 Å².